The molecule has 0 radical (unpaired) electrons. The Bertz CT molecular complexity index is 559. The SMILES string of the molecule is CC1CN(Cc2ccc(CNC(=O)COC3CCCC3)cc2)CC(C)O1. The average Bonchev–Trinajstić information content (AvgIpc) is 3.12. The van der Waals surface area contributed by atoms with E-state index >= 15 is 0 Å². The van der Waals surface area contributed by atoms with E-state index < -0.39 is 0 Å². The van der Waals surface area contributed by atoms with Gasteiger partial charge in [0, 0.05) is 26.2 Å². The Morgan fingerprint density at radius 2 is 1.73 bits per heavy atom. The van der Waals surface area contributed by atoms with Crippen LogP contribution in [0.5, 0.6) is 0 Å². The monoisotopic (exact) mass is 360 g/mol. The summed E-state index contributed by atoms with van der Waals surface area (Å²) in [7, 11) is 0. The van der Waals surface area contributed by atoms with Gasteiger partial charge in [-0.15, -0.1) is 0 Å². The summed E-state index contributed by atoms with van der Waals surface area (Å²) >= 11 is 0. The van der Waals surface area contributed by atoms with Crippen LogP contribution in [0.15, 0.2) is 24.3 Å². The second kappa shape index (κ2) is 9.49. The van der Waals surface area contributed by atoms with Crippen molar-refractivity contribution in [2.75, 3.05) is 19.7 Å². The zero-order chi connectivity index (χ0) is 18.4. The van der Waals surface area contributed by atoms with Gasteiger partial charge in [0.1, 0.15) is 6.61 Å². The van der Waals surface area contributed by atoms with Crippen molar-refractivity contribution in [1.29, 1.82) is 0 Å². The molecule has 3 rings (SSSR count). The van der Waals surface area contributed by atoms with Gasteiger partial charge in [-0.1, -0.05) is 37.1 Å². The van der Waals surface area contributed by atoms with Gasteiger partial charge in [-0.3, -0.25) is 9.69 Å². The van der Waals surface area contributed by atoms with Crippen molar-refractivity contribution in [3.63, 3.8) is 0 Å². The second-order valence-electron chi connectivity index (χ2n) is 7.76. The van der Waals surface area contributed by atoms with Gasteiger partial charge in [0.05, 0.1) is 18.3 Å². The first kappa shape index (κ1) is 19.3. The number of carbonyl (C=O) groups is 1. The number of nitrogens with one attached hydrogen (secondary N) is 1. The summed E-state index contributed by atoms with van der Waals surface area (Å²) in [6.07, 6.45) is 5.50. The van der Waals surface area contributed by atoms with Crippen molar-refractivity contribution in [1.82, 2.24) is 10.2 Å². The van der Waals surface area contributed by atoms with E-state index in [2.05, 4.69) is 48.3 Å². The number of morpholine rings is 1. The maximum absolute atomic E-state index is 11.9. The zero-order valence-corrected chi connectivity index (χ0v) is 16.1. The molecule has 144 valence electrons. The first-order valence-corrected chi connectivity index (χ1v) is 9.92. The molecule has 26 heavy (non-hydrogen) atoms. The number of benzene rings is 1. The molecule has 1 heterocycles. The average molecular weight is 360 g/mol. The minimum absolute atomic E-state index is 0.0303. The smallest absolute Gasteiger partial charge is 0.246 e. The quantitative estimate of drug-likeness (QED) is 0.812. The molecule has 5 nitrogen and oxygen atoms in total. The van der Waals surface area contributed by atoms with E-state index in [0.29, 0.717) is 18.8 Å². The number of rotatable bonds is 7. The summed E-state index contributed by atoms with van der Waals surface area (Å²) in [5.41, 5.74) is 2.41. The molecule has 1 N–H and O–H groups in total. The molecule has 0 spiro atoms. The third kappa shape index (κ3) is 6.08. The third-order valence-electron chi connectivity index (χ3n) is 5.17. The molecule has 1 amide bonds. The summed E-state index contributed by atoms with van der Waals surface area (Å²) in [5, 5.41) is 2.94. The fourth-order valence-electron chi connectivity index (χ4n) is 3.93. The number of ether oxygens (including phenoxy) is 2. The van der Waals surface area contributed by atoms with Gasteiger partial charge in [0.2, 0.25) is 5.91 Å². The molecule has 2 fully saturated rings. The van der Waals surface area contributed by atoms with Gasteiger partial charge in [0.15, 0.2) is 0 Å². The fraction of sp³-hybridized carbons (Fsp3) is 0.667. The van der Waals surface area contributed by atoms with Gasteiger partial charge in [-0.2, -0.15) is 0 Å². The molecule has 0 aromatic heterocycles. The Morgan fingerprint density at radius 1 is 1.12 bits per heavy atom. The molecule has 1 saturated heterocycles. The van der Waals surface area contributed by atoms with E-state index in [4.69, 9.17) is 9.47 Å². The van der Waals surface area contributed by atoms with E-state index in [-0.39, 0.29) is 18.6 Å². The number of nitrogens with zero attached hydrogens (tertiary/aromatic N) is 1. The zero-order valence-electron chi connectivity index (χ0n) is 16.1. The summed E-state index contributed by atoms with van der Waals surface area (Å²) in [6.45, 7) is 7.89. The van der Waals surface area contributed by atoms with Crippen molar-refractivity contribution in [3.05, 3.63) is 35.4 Å². The highest BCUT2D eigenvalue weighted by atomic mass is 16.5. The largest absolute Gasteiger partial charge is 0.373 e. The van der Waals surface area contributed by atoms with E-state index in [1.165, 1.54) is 18.4 Å². The first-order chi connectivity index (χ1) is 12.6. The highest BCUT2D eigenvalue weighted by molar-refractivity contribution is 5.77. The molecular weight excluding hydrogens is 328 g/mol. The van der Waals surface area contributed by atoms with Crippen molar-refractivity contribution in [3.8, 4) is 0 Å². The van der Waals surface area contributed by atoms with Crippen LogP contribution < -0.4 is 5.32 Å². The van der Waals surface area contributed by atoms with Gasteiger partial charge in [-0.05, 0) is 37.8 Å². The number of hydrogen-bond acceptors (Lipinski definition) is 4. The molecular formula is C21H32N2O3. The Hall–Kier alpha value is -1.43. The molecule has 1 aliphatic heterocycles. The van der Waals surface area contributed by atoms with Gasteiger partial charge in [0.25, 0.3) is 0 Å². The normalized spacial score (nSPS) is 24.7. The van der Waals surface area contributed by atoms with Crippen LogP contribution in [0, 0.1) is 0 Å². The highest BCUT2D eigenvalue weighted by Gasteiger charge is 2.22. The predicted octanol–water partition coefficient (Wildman–Crippen LogP) is 2.87. The van der Waals surface area contributed by atoms with Crippen molar-refractivity contribution < 1.29 is 14.3 Å². The minimum Gasteiger partial charge on any atom is -0.373 e. The topological polar surface area (TPSA) is 50.8 Å². The lowest BCUT2D eigenvalue weighted by Crippen LogP contribution is -2.44. The molecule has 1 saturated carbocycles. The maximum atomic E-state index is 11.9. The maximum Gasteiger partial charge on any atom is 0.246 e. The fourth-order valence-corrected chi connectivity index (χ4v) is 3.93. The summed E-state index contributed by atoms with van der Waals surface area (Å²) in [4.78, 5) is 14.4. The lowest BCUT2D eigenvalue weighted by Gasteiger charge is -2.35. The Balaban J connectivity index is 1.39. The van der Waals surface area contributed by atoms with E-state index in [0.717, 1.165) is 38.0 Å². The summed E-state index contributed by atoms with van der Waals surface area (Å²) in [6, 6.07) is 8.50. The van der Waals surface area contributed by atoms with Gasteiger partial charge in [-0.25, -0.2) is 0 Å². The molecule has 2 unspecified atom stereocenters. The molecule has 2 atom stereocenters. The number of carbonyl (C=O) groups excluding carboxylic acids is 1. The van der Waals surface area contributed by atoms with Crippen LogP contribution in [0.2, 0.25) is 0 Å². The van der Waals surface area contributed by atoms with Crippen LogP contribution >= 0.6 is 0 Å². The van der Waals surface area contributed by atoms with Crippen LogP contribution in [0.1, 0.15) is 50.7 Å². The third-order valence-corrected chi connectivity index (χ3v) is 5.17. The standard InChI is InChI=1S/C21H32N2O3/c1-16-12-23(13-17(2)26-16)14-19-9-7-18(8-10-19)11-22-21(24)15-25-20-5-3-4-6-20/h7-10,16-17,20H,3-6,11-15H2,1-2H3,(H,22,24). The first-order valence-electron chi connectivity index (χ1n) is 9.92. The van der Waals surface area contributed by atoms with Crippen LogP contribution in [-0.4, -0.2) is 48.8 Å². The predicted molar refractivity (Wildman–Crippen MR) is 102 cm³/mol. The summed E-state index contributed by atoms with van der Waals surface area (Å²) < 4.78 is 11.4. The van der Waals surface area contributed by atoms with Crippen molar-refractivity contribution >= 4 is 5.91 Å². The molecule has 0 bridgehead atoms. The number of hydrogen-bond donors (Lipinski definition) is 1. The van der Waals surface area contributed by atoms with Crippen LogP contribution in [-0.2, 0) is 27.4 Å². The van der Waals surface area contributed by atoms with Gasteiger partial charge >= 0.3 is 0 Å². The minimum atomic E-state index is -0.0303. The van der Waals surface area contributed by atoms with Crippen LogP contribution in [0.3, 0.4) is 0 Å². The lowest BCUT2D eigenvalue weighted by atomic mass is 10.1. The van der Waals surface area contributed by atoms with Crippen molar-refractivity contribution in [2.24, 2.45) is 0 Å². The lowest BCUT2D eigenvalue weighted by molar-refractivity contribution is -0.127. The Labute approximate surface area is 157 Å². The highest BCUT2D eigenvalue weighted by Crippen LogP contribution is 2.20. The molecule has 1 aromatic rings. The molecule has 1 aliphatic carbocycles. The molecule has 1 aromatic carbocycles. The van der Waals surface area contributed by atoms with Crippen LogP contribution in [0.4, 0.5) is 0 Å². The Morgan fingerprint density at radius 3 is 2.38 bits per heavy atom. The van der Waals surface area contributed by atoms with E-state index in [1.54, 1.807) is 0 Å². The van der Waals surface area contributed by atoms with Crippen LogP contribution in [0.25, 0.3) is 0 Å². The van der Waals surface area contributed by atoms with E-state index in [9.17, 15) is 4.79 Å². The molecule has 5 heteroatoms. The van der Waals surface area contributed by atoms with Gasteiger partial charge < -0.3 is 14.8 Å². The Kier molecular flexibility index (Phi) is 7.06. The molecule has 2 aliphatic rings. The number of amides is 1. The summed E-state index contributed by atoms with van der Waals surface area (Å²) in [5.74, 6) is -0.0303. The van der Waals surface area contributed by atoms with E-state index in [1.807, 2.05) is 0 Å². The van der Waals surface area contributed by atoms with Crippen molar-refractivity contribution in [2.45, 2.75) is 70.9 Å². The second-order valence-corrected chi connectivity index (χ2v) is 7.76.